The first-order chi connectivity index (χ1) is 20.3. The molecule has 208 valence electrons. The molecule has 7 rings (SSSR count). The van der Waals surface area contributed by atoms with E-state index in [2.05, 4.69) is 12.1 Å². The summed E-state index contributed by atoms with van der Waals surface area (Å²) in [6.45, 7) is 3.94. The van der Waals surface area contributed by atoms with Crippen LogP contribution in [-0.4, -0.2) is 15.1 Å². The van der Waals surface area contributed by atoms with Gasteiger partial charge >= 0.3 is 0 Å². The van der Waals surface area contributed by atoms with E-state index in [1.54, 1.807) is 28.8 Å². The number of allylic oxidation sites excluding steroid dienone is 1. The highest BCUT2D eigenvalue weighted by Gasteiger charge is 2.32. The van der Waals surface area contributed by atoms with Gasteiger partial charge in [-0.05, 0) is 90.9 Å². The maximum Gasteiger partial charge on any atom is 0.271 e. The molecule has 1 atom stereocenters. The van der Waals surface area contributed by atoms with Gasteiger partial charge in [0.15, 0.2) is 4.80 Å². The van der Waals surface area contributed by atoms with E-state index in [4.69, 9.17) is 4.99 Å². The van der Waals surface area contributed by atoms with Crippen LogP contribution in [0, 0.1) is 19.7 Å². The average Bonchev–Trinajstić information content (AvgIpc) is 3.45. The Labute approximate surface area is 244 Å². The molecular formula is C34H25FN3O3S-. The number of carbonyl (C=O) groups excluding carboxylic acids is 1. The summed E-state index contributed by atoms with van der Waals surface area (Å²) < 4.78 is 18.3. The SMILES string of the molecule is Cc1cc(/C=c2/sc3n(c2=O)[C@@H](c2ccc(F)cc2)C2=C(N=3)c3ccccc3CC2)c(C)n1-c1ccc(C(=O)[O-])cc1. The van der Waals surface area contributed by atoms with E-state index in [0.29, 0.717) is 9.33 Å². The lowest BCUT2D eigenvalue weighted by Crippen LogP contribution is -2.38. The van der Waals surface area contributed by atoms with Gasteiger partial charge in [-0.2, -0.15) is 0 Å². The van der Waals surface area contributed by atoms with Crippen LogP contribution in [0.2, 0.25) is 0 Å². The van der Waals surface area contributed by atoms with E-state index in [1.807, 2.05) is 42.7 Å². The number of fused-ring (bicyclic) bond motifs is 3. The molecule has 5 aromatic rings. The summed E-state index contributed by atoms with van der Waals surface area (Å²) in [5.41, 5.74) is 8.68. The smallest absolute Gasteiger partial charge is 0.271 e. The van der Waals surface area contributed by atoms with E-state index in [9.17, 15) is 19.1 Å². The van der Waals surface area contributed by atoms with Crippen molar-refractivity contribution in [2.24, 2.45) is 4.99 Å². The van der Waals surface area contributed by atoms with Crippen molar-refractivity contribution in [3.05, 3.63) is 149 Å². The summed E-state index contributed by atoms with van der Waals surface area (Å²) in [7, 11) is 0. The third kappa shape index (κ3) is 4.18. The summed E-state index contributed by atoms with van der Waals surface area (Å²) in [6.07, 6.45) is 3.51. The molecule has 0 N–H and O–H groups in total. The standard InChI is InChI=1S/C34H26FN3O3S/c1-19-17-24(20(2)37(19)26-14-9-23(10-15-26)33(40)41)18-29-32(39)38-31(22-7-12-25(35)13-8-22)28-16-11-21-5-3-4-6-27(21)30(28)36-34(38)42-29/h3-10,12-15,17-18,31H,11,16H2,1-2H3,(H,40,41)/p-1/b29-18+/t31-/m0/s1. The molecule has 3 heterocycles. The first-order valence-corrected chi connectivity index (χ1v) is 14.5. The number of aromatic nitrogens is 2. The molecule has 0 spiro atoms. The molecule has 0 fully saturated rings. The average molecular weight is 575 g/mol. The van der Waals surface area contributed by atoms with Crippen LogP contribution in [0.25, 0.3) is 17.5 Å². The summed E-state index contributed by atoms with van der Waals surface area (Å²) in [6, 6.07) is 22.8. The lowest BCUT2D eigenvalue weighted by molar-refractivity contribution is -0.255. The minimum absolute atomic E-state index is 0.114. The zero-order valence-corrected chi connectivity index (χ0v) is 23.7. The van der Waals surface area contributed by atoms with Gasteiger partial charge in [-0.15, -0.1) is 0 Å². The third-order valence-corrected chi connectivity index (χ3v) is 9.16. The third-order valence-electron chi connectivity index (χ3n) is 8.18. The van der Waals surface area contributed by atoms with Crippen LogP contribution >= 0.6 is 11.3 Å². The molecule has 1 aliphatic carbocycles. The Morgan fingerprint density at radius 2 is 1.76 bits per heavy atom. The van der Waals surface area contributed by atoms with Crippen LogP contribution in [0.4, 0.5) is 4.39 Å². The number of benzene rings is 3. The fourth-order valence-corrected chi connectivity index (χ4v) is 7.18. The number of aromatic carboxylic acids is 1. The molecule has 0 bridgehead atoms. The van der Waals surface area contributed by atoms with Crippen molar-refractivity contribution >= 4 is 29.1 Å². The highest BCUT2D eigenvalue weighted by molar-refractivity contribution is 7.07. The van der Waals surface area contributed by atoms with E-state index in [0.717, 1.165) is 57.9 Å². The molecule has 2 aromatic heterocycles. The van der Waals surface area contributed by atoms with Crippen molar-refractivity contribution in [1.82, 2.24) is 9.13 Å². The largest absolute Gasteiger partial charge is 0.545 e. The Morgan fingerprint density at radius 1 is 1.02 bits per heavy atom. The molecule has 42 heavy (non-hydrogen) atoms. The fourth-order valence-electron chi connectivity index (χ4n) is 6.19. The highest BCUT2D eigenvalue weighted by atomic mass is 32.1. The molecule has 2 aliphatic rings. The number of carboxylic acid groups (broad SMARTS) is 1. The first kappa shape index (κ1) is 26.1. The number of halogens is 1. The van der Waals surface area contributed by atoms with Crippen molar-refractivity contribution in [3.63, 3.8) is 0 Å². The van der Waals surface area contributed by atoms with Crippen molar-refractivity contribution in [3.8, 4) is 5.69 Å². The van der Waals surface area contributed by atoms with Crippen LogP contribution in [-0.2, 0) is 6.42 Å². The van der Waals surface area contributed by atoms with Crippen LogP contribution in [0.1, 0.15) is 56.5 Å². The number of aryl methyl sites for hydroxylation is 2. The van der Waals surface area contributed by atoms with E-state index < -0.39 is 5.97 Å². The maximum atomic E-state index is 14.1. The molecule has 0 amide bonds. The Morgan fingerprint density at radius 3 is 2.50 bits per heavy atom. The molecule has 1 aliphatic heterocycles. The fraction of sp³-hybridized carbons (Fsp3) is 0.147. The topological polar surface area (TPSA) is 79.4 Å². The van der Waals surface area contributed by atoms with Crippen molar-refractivity contribution in [2.45, 2.75) is 32.7 Å². The molecule has 3 aromatic carbocycles. The molecule has 0 unspecified atom stereocenters. The minimum atomic E-state index is -1.22. The zero-order valence-electron chi connectivity index (χ0n) is 22.9. The van der Waals surface area contributed by atoms with Crippen LogP contribution < -0.4 is 20.0 Å². The predicted molar refractivity (Wildman–Crippen MR) is 159 cm³/mol. The van der Waals surface area contributed by atoms with E-state index in [-0.39, 0.29) is 23.0 Å². The molecule has 8 heteroatoms. The number of thiazole rings is 1. The minimum Gasteiger partial charge on any atom is -0.545 e. The summed E-state index contributed by atoms with van der Waals surface area (Å²) >= 11 is 1.35. The second-order valence-corrected chi connectivity index (χ2v) is 11.7. The summed E-state index contributed by atoms with van der Waals surface area (Å²) in [4.78, 5) is 30.9. The van der Waals surface area contributed by atoms with Crippen molar-refractivity contribution < 1.29 is 14.3 Å². The van der Waals surface area contributed by atoms with Crippen LogP contribution in [0.3, 0.4) is 0 Å². The number of hydrogen-bond acceptors (Lipinski definition) is 5. The number of carboxylic acids is 1. The predicted octanol–water partition coefficient (Wildman–Crippen LogP) is 4.23. The van der Waals surface area contributed by atoms with Gasteiger partial charge in [-0.25, -0.2) is 9.38 Å². The van der Waals surface area contributed by atoms with Crippen molar-refractivity contribution in [2.75, 3.05) is 0 Å². The number of hydrogen-bond donors (Lipinski definition) is 0. The summed E-state index contributed by atoms with van der Waals surface area (Å²) in [5, 5.41) is 11.2. The van der Waals surface area contributed by atoms with E-state index >= 15 is 0 Å². The lowest BCUT2D eigenvalue weighted by atomic mass is 9.83. The van der Waals surface area contributed by atoms with Crippen LogP contribution in [0.15, 0.2) is 94.2 Å². The first-order valence-electron chi connectivity index (χ1n) is 13.7. The van der Waals surface area contributed by atoms with Gasteiger partial charge in [0.05, 0.1) is 22.2 Å². The maximum absolute atomic E-state index is 14.1. The number of nitrogens with zero attached hydrogens (tertiary/aromatic N) is 3. The highest BCUT2D eigenvalue weighted by Crippen LogP contribution is 2.41. The molecule has 0 radical (unpaired) electrons. The molecule has 0 saturated heterocycles. The van der Waals surface area contributed by atoms with Gasteiger partial charge < -0.3 is 14.5 Å². The van der Waals surface area contributed by atoms with E-state index in [1.165, 1.54) is 41.2 Å². The Hall–Kier alpha value is -4.82. The van der Waals surface area contributed by atoms with Crippen molar-refractivity contribution in [1.29, 1.82) is 0 Å². The van der Waals surface area contributed by atoms with Gasteiger partial charge in [-0.1, -0.05) is 59.9 Å². The Kier molecular flexibility index (Phi) is 6.17. The van der Waals surface area contributed by atoms with Gasteiger partial charge in [0.1, 0.15) is 5.82 Å². The van der Waals surface area contributed by atoms with Gasteiger partial charge in [-0.3, -0.25) is 9.36 Å². The number of rotatable bonds is 4. The molecular weight excluding hydrogens is 549 g/mol. The Bertz CT molecular complexity index is 2120. The summed E-state index contributed by atoms with van der Waals surface area (Å²) in [5.74, 6) is -1.54. The van der Waals surface area contributed by atoms with Gasteiger partial charge in [0, 0.05) is 22.6 Å². The molecule has 0 saturated carbocycles. The normalized spacial score (nSPS) is 16.1. The van der Waals surface area contributed by atoms with Crippen LogP contribution in [0.5, 0.6) is 0 Å². The second-order valence-electron chi connectivity index (χ2n) is 10.7. The van der Waals surface area contributed by atoms with Gasteiger partial charge in [0.2, 0.25) is 0 Å². The molecule has 6 nitrogen and oxygen atoms in total. The quantitative estimate of drug-likeness (QED) is 0.322. The zero-order chi connectivity index (χ0) is 29.1. The lowest BCUT2D eigenvalue weighted by Gasteiger charge is -2.30. The second kappa shape index (κ2) is 9.92. The Balaban J connectivity index is 1.40. The number of carbonyl (C=O) groups is 1. The monoisotopic (exact) mass is 574 g/mol. The van der Waals surface area contributed by atoms with Gasteiger partial charge in [0.25, 0.3) is 5.56 Å².